The van der Waals surface area contributed by atoms with Gasteiger partial charge < -0.3 is 4.57 Å². The molecule has 0 bridgehead atoms. The second-order valence-electron chi connectivity index (χ2n) is 3.87. The van der Waals surface area contributed by atoms with E-state index >= 15 is 0 Å². The highest BCUT2D eigenvalue weighted by molar-refractivity contribution is 6.20. The summed E-state index contributed by atoms with van der Waals surface area (Å²) in [5.74, 6) is 1.81. The molecule has 1 aliphatic rings. The average Bonchev–Trinajstić information content (AvgIpc) is 2.65. The summed E-state index contributed by atoms with van der Waals surface area (Å²) in [6.45, 7) is 0. The zero-order valence-electron chi connectivity index (χ0n) is 7.91. The second-order valence-corrected chi connectivity index (χ2v) is 4.43. The number of aromatic nitrogens is 2. The minimum Gasteiger partial charge on any atom is -0.338 e. The molecule has 3 heteroatoms. The van der Waals surface area contributed by atoms with Crippen molar-refractivity contribution in [2.75, 3.05) is 0 Å². The highest BCUT2D eigenvalue weighted by Gasteiger charge is 2.26. The summed E-state index contributed by atoms with van der Waals surface area (Å²) < 4.78 is 2.09. The van der Waals surface area contributed by atoms with Gasteiger partial charge in [-0.15, -0.1) is 11.6 Å². The predicted molar refractivity (Wildman–Crippen MR) is 53.9 cm³/mol. The van der Waals surface area contributed by atoms with Crippen molar-refractivity contribution in [2.45, 2.75) is 31.1 Å². The molecule has 1 fully saturated rings. The van der Waals surface area contributed by atoms with Gasteiger partial charge in [-0.05, 0) is 18.8 Å². The largest absolute Gasteiger partial charge is 0.338 e. The van der Waals surface area contributed by atoms with E-state index in [-0.39, 0.29) is 0 Å². The number of alkyl halides is 1. The van der Waals surface area contributed by atoms with Gasteiger partial charge in [0.2, 0.25) is 0 Å². The molecule has 72 valence electrons. The van der Waals surface area contributed by atoms with Crippen molar-refractivity contribution < 1.29 is 0 Å². The third-order valence-electron chi connectivity index (χ3n) is 2.93. The van der Waals surface area contributed by atoms with Crippen LogP contribution in [0.25, 0.3) is 0 Å². The lowest BCUT2D eigenvalue weighted by molar-refractivity contribution is 0.526. The summed E-state index contributed by atoms with van der Waals surface area (Å²) in [5, 5.41) is 0.372. The number of nitrogens with zero attached hydrogens (tertiary/aromatic N) is 2. The molecule has 1 aromatic heterocycles. The van der Waals surface area contributed by atoms with E-state index in [1.165, 1.54) is 19.3 Å². The number of imidazole rings is 1. The topological polar surface area (TPSA) is 17.8 Å². The predicted octanol–water partition coefficient (Wildman–Crippen LogP) is 2.37. The van der Waals surface area contributed by atoms with Crippen LogP contribution in [0.5, 0.6) is 0 Å². The molecule has 0 saturated heterocycles. The van der Waals surface area contributed by atoms with E-state index in [9.17, 15) is 0 Å². The summed E-state index contributed by atoms with van der Waals surface area (Å²) in [5.41, 5.74) is 0. The number of hydrogen-bond donors (Lipinski definition) is 0. The van der Waals surface area contributed by atoms with Crippen LogP contribution in [0.1, 0.15) is 25.1 Å². The average molecular weight is 199 g/mol. The molecule has 0 aliphatic heterocycles. The van der Waals surface area contributed by atoms with Crippen LogP contribution in [-0.2, 0) is 13.5 Å². The normalized spacial score (nSPS) is 28.2. The van der Waals surface area contributed by atoms with Crippen molar-refractivity contribution in [1.82, 2.24) is 9.55 Å². The molecule has 1 aromatic rings. The Morgan fingerprint density at radius 3 is 3.00 bits per heavy atom. The maximum Gasteiger partial charge on any atom is 0.108 e. The molecule has 0 aromatic carbocycles. The van der Waals surface area contributed by atoms with Gasteiger partial charge in [-0.2, -0.15) is 0 Å². The molecule has 0 N–H and O–H groups in total. The Hall–Kier alpha value is -0.500. The number of rotatable bonds is 2. The Labute approximate surface area is 83.9 Å². The summed E-state index contributed by atoms with van der Waals surface area (Å²) >= 11 is 6.21. The van der Waals surface area contributed by atoms with Gasteiger partial charge in [0, 0.05) is 31.2 Å². The summed E-state index contributed by atoms with van der Waals surface area (Å²) in [4.78, 5) is 4.32. The maximum atomic E-state index is 6.21. The Morgan fingerprint density at radius 1 is 1.62 bits per heavy atom. The van der Waals surface area contributed by atoms with Gasteiger partial charge in [-0.1, -0.05) is 6.42 Å². The van der Waals surface area contributed by atoms with Crippen molar-refractivity contribution in [3.63, 3.8) is 0 Å². The first kappa shape index (κ1) is 9.07. The van der Waals surface area contributed by atoms with E-state index in [1.54, 1.807) is 0 Å². The molecule has 1 saturated carbocycles. The lowest BCUT2D eigenvalue weighted by atomic mass is 10.0. The monoisotopic (exact) mass is 198 g/mol. The van der Waals surface area contributed by atoms with Crippen LogP contribution in [0.4, 0.5) is 0 Å². The Balaban J connectivity index is 2.01. The zero-order valence-corrected chi connectivity index (χ0v) is 8.67. The van der Waals surface area contributed by atoms with Gasteiger partial charge in [0.05, 0.1) is 0 Å². The fourth-order valence-electron chi connectivity index (χ4n) is 2.05. The number of halogens is 1. The molecule has 13 heavy (non-hydrogen) atoms. The van der Waals surface area contributed by atoms with Gasteiger partial charge in [-0.25, -0.2) is 4.98 Å². The summed E-state index contributed by atoms with van der Waals surface area (Å²) in [7, 11) is 2.04. The van der Waals surface area contributed by atoms with Crippen molar-refractivity contribution in [2.24, 2.45) is 13.0 Å². The third-order valence-corrected chi connectivity index (χ3v) is 3.51. The molecule has 0 amide bonds. The molecular formula is C10H15ClN2. The van der Waals surface area contributed by atoms with Crippen LogP contribution in [0.2, 0.25) is 0 Å². The van der Waals surface area contributed by atoms with Crippen LogP contribution in [0, 0.1) is 5.92 Å². The fourth-order valence-corrected chi connectivity index (χ4v) is 2.42. The molecule has 2 nitrogen and oxygen atoms in total. The van der Waals surface area contributed by atoms with Crippen LogP contribution in [-0.4, -0.2) is 14.9 Å². The Kier molecular flexibility index (Phi) is 2.58. The van der Waals surface area contributed by atoms with Gasteiger partial charge in [0.25, 0.3) is 0 Å². The van der Waals surface area contributed by atoms with E-state index < -0.39 is 0 Å². The van der Waals surface area contributed by atoms with E-state index in [0.717, 1.165) is 12.2 Å². The quantitative estimate of drug-likeness (QED) is 0.668. The molecule has 0 spiro atoms. The van der Waals surface area contributed by atoms with E-state index in [1.807, 2.05) is 19.4 Å². The van der Waals surface area contributed by atoms with Crippen LogP contribution < -0.4 is 0 Å². The highest BCUT2D eigenvalue weighted by Crippen LogP contribution is 2.32. The molecule has 1 aliphatic carbocycles. The maximum absolute atomic E-state index is 6.21. The first-order valence-electron chi connectivity index (χ1n) is 4.87. The van der Waals surface area contributed by atoms with Gasteiger partial charge in [-0.3, -0.25) is 0 Å². The van der Waals surface area contributed by atoms with Crippen LogP contribution >= 0.6 is 11.6 Å². The third kappa shape index (κ3) is 1.88. The summed E-state index contributed by atoms with van der Waals surface area (Å²) in [6.07, 6.45) is 8.61. The Bertz CT molecular complexity index is 282. The van der Waals surface area contributed by atoms with Gasteiger partial charge in [0.1, 0.15) is 5.82 Å². The van der Waals surface area contributed by atoms with Crippen LogP contribution in [0.15, 0.2) is 12.4 Å². The fraction of sp³-hybridized carbons (Fsp3) is 0.700. The molecule has 2 atom stereocenters. The van der Waals surface area contributed by atoms with Crippen molar-refractivity contribution in [3.8, 4) is 0 Å². The molecule has 2 rings (SSSR count). The van der Waals surface area contributed by atoms with Crippen molar-refractivity contribution in [1.29, 1.82) is 0 Å². The number of aryl methyl sites for hydroxylation is 1. The molecule has 0 radical (unpaired) electrons. The van der Waals surface area contributed by atoms with Crippen molar-refractivity contribution >= 4 is 11.6 Å². The second kappa shape index (κ2) is 3.70. The highest BCUT2D eigenvalue weighted by atomic mass is 35.5. The van der Waals surface area contributed by atoms with Gasteiger partial charge in [0.15, 0.2) is 0 Å². The first-order valence-corrected chi connectivity index (χ1v) is 5.31. The minimum absolute atomic E-state index is 0.372. The molecular weight excluding hydrogens is 184 g/mol. The van der Waals surface area contributed by atoms with E-state index in [0.29, 0.717) is 11.3 Å². The van der Waals surface area contributed by atoms with E-state index in [2.05, 4.69) is 9.55 Å². The summed E-state index contributed by atoms with van der Waals surface area (Å²) in [6, 6.07) is 0. The molecule has 2 unspecified atom stereocenters. The molecule has 1 heterocycles. The van der Waals surface area contributed by atoms with Crippen LogP contribution in [0.3, 0.4) is 0 Å². The lowest BCUT2D eigenvalue weighted by Crippen LogP contribution is -2.13. The lowest BCUT2D eigenvalue weighted by Gasteiger charge is -2.12. The van der Waals surface area contributed by atoms with Crippen molar-refractivity contribution in [3.05, 3.63) is 18.2 Å². The van der Waals surface area contributed by atoms with E-state index in [4.69, 9.17) is 11.6 Å². The zero-order chi connectivity index (χ0) is 9.26. The van der Waals surface area contributed by atoms with Gasteiger partial charge >= 0.3 is 0 Å². The minimum atomic E-state index is 0.372. The first-order chi connectivity index (χ1) is 6.27. The number of hydrogen-bond acceptors (Lipinski definition) is 1. The smallest absolute Gasteiger partial charge is 0.108 e. The standard InChI is InChI=1S/C10H15ClN2/c1-13-6-5-12-10(13)7-8-3-2-4-9(8)11/h5-6,8-9H,2-4,7H2,1H3. The SMILES string of the molecule is Cn1ccnc1CC1CCCC1Cl. The Morgan fingerprint density at radius 2 is 2.46 bits per heavy atom.